The zero-order valence-electron chi connectivity index (χ0n) is 13.7. The summed E-state index contributed by atoms with van der Waals surface area (Å²) in [5, 5.41) is 21.0. The molecule has 8 nitrogen and oxygen atoms in total. The van der Waals surface area contributed by atoms with E-state index < -0.39 is 17.5 Å². The molecule has 1 saturated carbocycles. The van der Waals surface area contributed by atoms with Crippen LogP contribution < -0.4 is 0 Å². The van der Waals surface area contributed by atoms with Crippen LogP contribution in [0.4, 0.5) is 4.79 Å². The Bertz CT molecular complexity index is 888. The Morgan fingerprint density at radius 2 is 2.04 bits per heavy atom. The second-order valence-electron chi connectivity index (χ2n) is 6.59. The normalized spacial score (nSPS) is 19.4. The molecule has 2 aromatic heterocycles. The lowest BCUT2D eigenvalue weighted by atomic mass is 9.79. The first kappa shape index (κ1) is 16.2. The van der Waals surface area contributed by atoms with E-state index in [0.717, 1.165) is 37.0 Å². The van der Waals surface area contributed by atoms with Crippen molar-refractivity contribution in [2.75, 3.05) is 12.8 Å². The van der Waals surface area contributed by atoms with E-state index in [-0.39, 0.29) is 18.0 Å². The smallest absolute Gasteiger partial charge is 0.414 e. The highest BCUT2D eigenvalue weighted by atomic mass is 32.2. The number of carboxylic acid groups (broad SMARTS) is 1. The quantitative estimate of drug-likeness (QED) is 0.593. The van der Waals surface area contributed by atoms with Gasteiger partial charge in [0.2, 0.25) is 0 Å². The summed E-state index contributed by atoms with van der Waals surface area (Å²) in [7, 11) is 0. The Morgan fingerprint density at radius 3 is 2.68 bits per heavy atom. The average Bonchev–Trinajstić information content (AvgIpc) is 2.92. The van der Waals surface area contributed by atoms with Crippen LogP contribution in [-0.2, 0) is 5.54 Å². The molecule has 0 saturated heterocycles. The zero-order valence-corrected chi connectivity index (χ0v) is 14.5. The number of nitrogens with zero attached hydrogens (tertiary/aromatic N) is 4. The van der Waals surface area contributed by atoms with Crippen LogP contribution in [0, 0.1) is 0 Å². The van der Waals surface area contributed by atoms with Crippen molar-refractivity contribution in [2.45, 2.75) is 42.8 Å². The number of fused-ring (bicyclic) bond motifs is 4. The second kappa shape index (κ2) is 5.62. The van der Waals surface area contributed by atoms with Crippen molar-refractivity contribution in [3.63, 3.8) is 0 Å². The molecule has 0 bridgehead atoms. The number of aromatic hydroxyl groups is 1. The lowest BCUT2D eigenvalue weighted by molar-refractivity contribution is 0.0474. The summed E-state index contributed by atoms with van der Waals surface area (Å²) in [5.74, 6) is -0.937. The summed E-state index contributed by atoms with van der Waals surface area (Å²) in [6.45, 7) is 0.0932. The van der Waals surface area contributed by atoms with Crippen LogP contribution in [-0.4, -0.2) is 54.4 Å². The van der Waals surface area contributed by atoms with E-state index in [9.17, 15) is 19.8 Å². The molecule has 1 fully saturated rings. The van der Waals surface area contributed by atoms with Gasteiger partial charge in [-0.2, -0.15) is 0 Å². The third-order valence-corrected chi connectivity index (χ3v) is 5.80. The predicted molar refractivity (Wildman–Crippen MR) is 91.1 cm³/mol. The number of thioether (sulfide) groups is 1. The molecule has 25 heavy (non-hydrogen) atoms. The molecule has 3 heterocycles. The summed E-state index contributed by atoms with van der Waals surface area (Å²) >= 11 is 1.38. The van der Waals surface area contributed by atoms with Crippen LogP contribution in [0.2, 0.25) is 0 Å². The maximum Gasteiger partial charge on any atom is 0.414 e. The number of carbonyl (C=O) groups is 2. The van der Waals surface area contributed by atoms with Gasteiger partial charge in [-0.3, -0.25) is 4.79 Å². The molecule has 0 radical (unpaired) electrons. The highest BCUT2D eigenvalue weighted by Gasteiger charge is 2.48. The fourth-order valence-electron chi connectivity index (χ4n) is 4.10. The fraction of sp³-hybridized carbons (Fsp3) is 0.500. The Kier molecular flexibility index (Phi) is 3.64. The van der Waals surface area contributed by atoms with Crippen LogP contribution >= 0.6 is 11.8 Å². The van der Waals surface area contributed by atoms with Gasteiger partial charge in [0, 0.05) is 6.20 Å². The Labute approximate surface area is 147 Å². The standard InChI is InChI=1S/C16H18N4O4S/c1-25-14-17-7-9-11(21)10-13(22)19(15(23)24)8-16(5-3-2-4-6-16)20(10)12(9)18-14/h7,21H,2-6,8H2,1H3,(H,23,24). The molecule has 1 aliphatic carbocycles. The van der Waals surface area contributed by atoms with Crippen molar-refractivity contribution in [1.82, 2.24) is 19.4 Å². The Morgan fingerprint density at radius 1 is 1.32 bits per heavy atom. The van der Waals surface area contributed by atoms with Crippen LogP contribution in [0.1, 0.15) is 42.6 Å². The summed E-state index contributed by atoms with van der Waals surface area (Å²) in [4.78, 5) is 33.9. The molecule has 0 aromatic carbocycles. The molecular formula is C16H18N4O4S. The van der Waals surface area contributed by atoms with Crippen molar-refractivity contribution < 1.29 is 19.8 Å². The van der Waals surface area contributed by atoms with Crippen LogP contribution in [0.15, 0.2) is 11.4 Å². The van der Waals surface area contributed by atoms with Crippen molar-refractivity contribution in [3.05, 3.63) is 11.9 Å². The van der Waals surface area contributed by atoms with Gasteiger partial charge in [0.05, 0.1) is 17.5 Å². The van der Waals surface area contributed by atoms with Gasteiger partial charge in [-0.15, -0.1) is 0 Å². The molecule has 132 valence electrons. The van der Waals surface area contributed by atoms with Gasteiger partial charge in [0.15, 0.2) is 16.6 Å². The Hall–Kier alpha value is -2.29. The van der Waals surface area contributed by atoms with Gasteiger partial charge in [0.1, 0.15) is 5.65 Å². The number of imide groups is 1. The van der Waals surface area contributed by atoms with E-state index in [0.29, 0.717) is 16.2 Å². The van der Waals surface area contributed by atoms with Crippen LogP contribution in [0.3, 0.4) is 0 Å². The number of amides is 2. The number of hydrogen-bond donors (Lipinski definition) is 2. The molecule has 9 heteroatoms. The molecule has 2 N–H and O–H groups in total. The van der Waals surface area contributed by atoms with Gasteiger partial charge in [-0.1, -0.05) is 31.0 Å². The third kappa shape index (κ3) is 2.21. The monoisotopic (exact) mass is 362 g/mol. The molecule has 1 aliphatic heterocycles. The third-order valence-electron chi connectivity index (χ3n) is 5.23. The van der Waals surface area contributed by atoms with Crippen molar-refractivity contribution in [1.29, 1.82) is 0 Å². The van der Waals surface area contributed by atoms with Gasteiger partial charge in [0.25, 0.3) is 5.91 Å². The largest absolute Gasteiger partial charge is 0.505 e. The molecule has 2 aliphatic rings. The van der Waals surface area contributed by atoms with E-state index in [2.05, 4.69) is 9.97 Å². The van der Waals surface area contributed by atoms with Crippen LogP contribution in [0.25, 0.3) is 11.0 Å². The average molecular weight is 362 g/mol. The summed E-state index contributed by atoms with van der Waals surface area (Å²) in [6, 6.07) is 0. The second-order valence-corrected chi connectivity index (χ2v) is 7.36. The fourth-order valence-corrected chi connectivity index (χ4v) is 4.44. The van der Waals surface area contributed by atoms with E-state index in [4.69, 9.17) is 0 Å². The summed E-state index contributed by atoms with van der Waals surface area (Å²) in [6.07, 6.45) is 6.54. The van der Waals surface area contributed by atoms with Gasteiger partial charge in [-0.05, 0) is 19.1 Å². The van der Waals surface area contributed by atoms with Gasteiger partial charge < -0.3 is 14.8 Å². The van der Waals surface area contributed by atoms with E-state index >= 15 is 0 Å². The summed E-state index contributed by atoms with van der Waals surface area (Å²) in [5.41, 5.74) is -0.0337. The van der Waals surface area contributed by atoms with Crippen molar-refractivity contribution in [2.24, 2.45) is 0 Å². The molecule has 1 spiro atoms. The first-order valence-corrected chi connectivity index (χ1v) is 9.41. The minimum absolute atomic E-state index is 0.0121. The number of hydrogen-bond acceptors (Lipinski definition) is 6. The molecule has 4 rings (SSSR count). The maximum atomic E-state index is 12.7. The molecule has 0 unspecified atom stereocenters. The van der Waals surface area contributed by atoms with Crippen LogP contribution in [0.5, 0.6) is 5.75 Å². The number of rotatable bonds is 1. The first-order chi connectivity index (χ1) is 12.0. The van der Waals surface area contributed by atoms with E-state index in [1.165, 1.54) is 18.0 Å². The van der Waals surface area contributed by atoms with Gasteiger partial charge in [-0.25, -0.2) is 19.7 Å². The highest BCUT2D eigenvalue weighted by Crippen LogP contribution is 2.46. The minimum Gasteiger partial charge on any atom is -0.505 e. The van der Waals surface area contributed by atoms with E-state index in [1.807, 2.05) is 6.26 Å². The molecule has 2 amide bonds. The number of carbonyl (C=O) groups excluding carboxylic acids is 1. The Balaban J connectivity index is 2.05. The van der Waals surface area contributed by atoms with Crippen molar-refractivity contribution >= 4 is 34.8 Å². The van der Waals surface area contributed by atoms with Gasteiger partial charge >= 0.3 is 6.09 Å². The molecule has 2 aromatic rings. The highest BCUT2D eigenvalue weighted by molar-refractivity contribution is 7.98. The van der Waals surface area contributed by atoms with E-state index in [1.54, 1.807) is 4.57 Å². The topological polar surface area (TPSA) is 109 Å². The lowest BCUT2D eigenvalue weighted by Gasteiger charge is -2.45. The molecular weight excluding hydrogens is 344 g/mol. The zero-order chi connectivity index (χ0) is 17.8. The van der Waals surface area contributed by atoms with Crippen molar-refractivity contribution in [3.8, 4) is 5.75 Å². The predicted octanol–water partition coefficient (Wildman–Crippen LogP) is 2.65. The SMILES string of the molecule is CSc1ncc2c(O)c3n(c2n1)C1(CCCCC1)CN(C(=O)O)C3=O. The number of aromatic nitrogens is 3. The maximum absolute atomic E-state index is 12.7. The minimum atomic E-state index is -1.29. The lowest BCUT2D eigenvalue weighted by Crippen LogP contribution is -2.55. The molecule has 0 atom stereocenters. The first-order valence-electron chi connectivity index (χ1n) is 8.18. The summed E-state index contributed by atoms with van der Waals surface area (Å²) < 4.78 is 1.79.